The van der Waals surface area contributed by atoms with E-state index in [1.165, 1.54) is 19.2 Å². The van der Waals surface area contributed by atoms with Gasteiger partial charge in [-0.3, -0.25) is 19.2 Å². The number of amides is 4. The van der Waals surface area contributed by atoms with E-state index in [-0.39, 0.29) is 5.75 Å². The summed E-state index contributed by atoms with van der Waals surface area (Å²) in [7, 11) is 1.46. The third-order valence-corrected chi connectivity index (χ3v) is 12.9. The predicted octanol–water partition coefficient (Wildman–Crippen LogP) is -8.85. The third-order valence-electron chi connectivity index (χ3n) is 12.9. The molecule has 0 aromatic heterocycles. The summed E-state index contributed by atoms with van der Waals surface area (Å²) in [5, 5.41) is 130. The van der Waals surface area contributed by atoms with Crippen molar-refractivity contribution in [1.29, 1.82) is 0 Å². The Balaban J connectivity index is 1.12. The van der Waals surface area contributed by atoms with Gasteiger partial charge in [0, 0.05) is 33.2 Å². The predicted molar refractivity (Wildman–Crippen MR) is 219 cm³/mol. The molecule has 6 saturated heterocycles. The summed E-state index contributed by atoms with van der Waals surface area (Å²) >= 11 is 0. The second-order valence-corrected chi connectivity index (χ2v) is 17.7. The van der Waals surface area contributed by atoms with Gasteiger partial charge < -0.3 is 120 Å². The van der Waals surface area contributed by atoms with Gasteiger partial charge in [0.2, 0.25) is 18.1 Å². The molecule has 6 fully saturated rings. The Hall–Kier alpha value is -4.02. The molecule has 15 N–H and O–H groups in total. The first-order valence-electron chi connectivity index (χ1n) is 22.1. The van der Waals surface area contributed by atoms with Crippen LogP contribution >= 0.6 is 0 Å². The highest BCUT2D eigenvalue weighted by molar-refractivity contribution is 5.86. The van der Waals surface area contributed by atoms with E-state index in [0.29, 0.717) is 5.75 Å². The molecule has 6 aliphatic rings. The second-order valence-electron chi connectivity index (χ2n) is 17.7. The monoisotopic (exact) mass is 992 g/mol. The van der Waals surface area contributed by atoms with Crippen molar-refractivity contribution in [3.63, 3.8) is 0 Å². The molecule has 28 heteroatoms. The molecule has 2 spiro atoms. The minimum absolute atomic E-state index is 0.203. The maximum absolute atomic E-state index is 14.4. The van der Waals surface area contributed by atoms with Gasteiger partial charge in [0.1, 0.15) is 96.9 Å². The van der Waals surface area contributed by atoms with E-state index in [1.807, 2.05) is 0 Å². The zero-order valence-corrected chi connectivity index (χ0v) is 37.3. The molecule has 0 bridgehead atoms. The molecule has 1 aromatic carbocycles. The molecule has 6 aliphatic heterocycles. The first-order valence-corrected chi connectivity index (χ1v) is 22.1. The van der Waals surface area contributed by atoms with Gasteiger partial charge in [-0.1, -0.05) is 0 Å². The van der Waals surface area contributed by atoms with Crippen LogP contribution in [-0.4, -0.2) is 247 Å². The van der Waals surface area contributed by atoms with Gasteiger partial charge in [-0.15, -0.1) is 0 Å². The minimum Gasteiger partial charge on any atom is -0.497 e. The first-order chi connectivity index (χ1) is 32.7. The van der Waals surface area contributed by atoms with Crippen LogP contribution in [0.1, 0.15) is 26.7 Å². The zero-order chi connectivity index (χ0) is 50.3. The van der Waals surface area contributed by atoms with Gasteiger partial charge in [0.05, 0.1) is 51.2 Å². The van der Waals surface area contributed by atoms with Crippen LogP contribution in [0.5, 0.6) is 11.5 Å². The number of aliphatic hydroxyl groups is 11. The maximum atomic E-state index is 14.4. The zero-order valence-electron chi connectivity index (χ0n) is 37.3. The Kier molecular flexibility index (Phi) is 16.3. The van der Waals surface area contributed by atoms with Crippen LogP contribution in [0.25, 0.3) is 0 Å². The number of ether oxygens (including phenoxy) is 9. The highest BCUT2D eigenvalue weighted by Gasteiger charge is 2.65. The average Bonchev–Trinajstić information content (AvgIpc) is 3.32. The van der Waals surface area contributed by atoms with Crippen LogP contribution in [0.3, 0.4) is 0 Å². The molecule has 28 nitrogen and oxygen atoms in total. The Bertz CT molecular complexity index is 1970. The first kappa shape index (κ1) is 52.8. The van der Waals surface area contributed by atoms with Crippen LogP contribution in [0.15, 0.2) is 24.3 Å². The van der Waals surface area contributed by atoms with E-state index >= 15 is 0 Å². The number of hydrogen-bond acceptors (Lipinski definition) is 24. The SMILES string of the molecule is COc1ccc(O[C@@H]2O[C@H](CO)[C@@H](O[C@@H]3O[C@H](CO)[C@H](O)[C@@H]4OC5(C[C@H](O)[C@@H](NC(C)=O)[C@H]([C@H](O)[C@H]6CNC(=O)C7(C[C@H](O)[C@@H](NC(C)=O)[C@H]([C@H](O)[C@H](O)CO)O7)O6)O5)C(=O)N[C@@H]34)[C@H](O)[C@H]2O)cc1. The van der Waals surface area contributed by atoms with Crippen molar-refractivity contribution in [1.82, 2.24) is 21.3 Å². The normalized spacial score (nSPS) is 42.6. The molecule has 22 atom stereocenters. The highest BCUT2D eigenvalue weighted by atomic mass is 16.8. The number of hydrogen-bond donors (Lipinski definition) is 15. The standard InChI is InChI=1S/C41H60N4O24/c1-14(49)43-24-18(51)8-40(67-33(24)27(54)20(53)11-46)38(59)42-10-21(66-40)28(55)34-25(44-15(2)50)19(52)9-41(68-34)39(60)45-26-35(69-41)29(56)22(12-47)63-36(26)65-32-23(13-48)64-37(31(58)30(32)57)62-17-6-4-16(61-3)5-7-17/h4-7,18-37,46-48,51-58H,8-13H2,1-3H3,(H,42,59)(H,43,49)(H,44,50)(H,45,60)/t18-,19-,20+,21+,22+,23+,24+,25+,26+,27+,28+,29-,30+,31+,32+,33+,34+,35+,36-,37+,40?,41?/m0/s1. The second kappa shape index (κ2) is 21.4. The molecule has 2 unspecified atom stereocenters. The van der Waals surface area contributed by atoms with Crippen molar-refractivity contribution in [2.75, 3.05) is 33.5 Å². The molecule has 388 valence electrons. The number of benzene rings is 1. The lowest BCUT2D eigenvalue weighted by molar-refractivity contribution is -0.380. The summed E-state index contributed by atoms with van der Waals surface area (Å²) in [6, 6.07) is 1.59. The fourth-order valence-corrected chi connectivity index (χ4v) is 9.43. The van der Waals surface area contributed by atoms with Crippen LogP contribution in [0.4, 0.5) is 0 Å². The summed E-state index contributed by atoms with van der Waals surface area (Å²) in [4.78, 5) is 52.4. The fraction of sp³-hybridized carbons (Fsp3) is 0.756. The molecule has 7 rings (SSSR count). The number of aliphatic hydroxyl groups excluding tert-OH is 11. The van der Waals surface area contributed by atoms with Gasteiger partial charge in [0.25, 0.3) is 23.4 Å². The van der Waals surface area contributed by atoms with Crippen molar-refractivity contribution < 1.29 is 118 Å². The quantitative estimate of drug-likeness (QED) is 0.0823. The summed E-state index contributed by atoms with van der Waals surface area (Å²) in [6.07, 6.45) is -31.4. The molecule has 0 radical (unpaired) electrons. The van der Waals surface area contributed by atoms with Crippen LogP contribution in [0.2, 0.25) is 0 Å². The van der Waals surface area contributed by atoms with Gasteiger partial charge in [-0.05, 0) is 24.3 Å². The number of morpholine rings is 2. The van der Waals surface area contributed by atoms with Crippen molar-refractivity contribution in [2.24, 2.45) is 0 Å². The number of fused-ring (bicyclic) bond motifs is 1. The summed E-state index contributed by atoms with van der Waals surface area (Å²) in [6.45, 7) is -1.09. The number of methoxy groups -OCH3 is 1. The van der Waals surface area contributed by atoms with Gasteiger partial charge >= 0.3 is 0 Å². The minimum atomic E-state index is -2.64. The molecule has 1 aromatic rings. The number of rotatable bonds is 14. The Morgan fingerprint density at radius 1 is 0.754 bits per heavy atom. The van der Waals surface area contributed by atoms with Gasteiger partial charge in [-0.2, -0.15) is 0 Å². The number of carbonyl (C=O) groups is 4. The lowest BCUT2D eigenvalue weighted by Crippen LogP contribution is -2.78. The van der Waals surface area contributed by atoms with Gasteiger partial charge in [-0.25, -0.2) is 0 Å². The highest BCUT2D eigenvalue weighted by Crippen LogP contribution is 2.43. The molecular weight excluding hydrogens is 932 g/mol. The van der Waals surface area contributed by atoms with Crippen molar-refractivity contribution in [3.05, 3.63) is 24.3 Å². The van der Waals surface area contributed by atoms with Crippen LogP contribution in [-0.2, 0) is 52.3 Å². The van der Waals surface area contributed by atoms with E-state index in [1.54, 1.807) is 12.1 Å². The molecule has 4 amide bonds. The third kappa shape index (κ3) is 10.5. The number of carbonyl (C=O) groups excluding carboxylic acids is 4. The van der Waals surface area contributed by atoms with E-state index < -0.39 is 197 Å². The lowest BCUT2D eigenvalue weighted by Gasteiger charge is -2.56. The Morgan fingerprint density at radius 2 is 1.32 bits per heavy atom. The largest absolute Gasteiger partial charge is 0.497 e. The van der Waals surface area contributed by atoms with E-state index in [0.717, 1.165) is 13.8 Å². The molecule has 6 heterocycles. The van der Waals surface area contributed by atoms with Crippen LogP contribution in [0, 0.1) is 0 Å². The lowest BCUT2D eigenvalue weighted by atomic mass is 9.85. The van der Waals surface area contributed by atoms with Crippen molar-refractivity contribution in [3.8, 4) is 11.5 Å². The average molecular weight is 993 g/mol. The Morgan fingerprint density at radius 3 is 1.90 bits per heavy atom. The molecule has 69 heavy (non-hydrogen) atoms. The van der Waals surface area contributed by atoms with E-state index in [4.69, 9.17) is 42.6 Å². The molecular formula is C41H60N4O24. The van der Waals surface area contributed by atoms with E-state index in [9.17, 15) is 75.3 Å². The maximum Gasteiger partial charge on any atom is 0.280 e. The fourth-order valence-electron chi connectivity index (χ4n) is 9.43. The summed E-state index contributed by atoms with van der Waals surface area (Å²) in [5.74, 6) is -8.17. The summed E-state index contributed by atoms with van der Waals surface area (Å²) in [5.41, 5.74) is 0. The summed E-state index contributed by atoms with van der Waals surface area (Å²) < 4.78 is 52.8. The molecule has 0 saturated carbocycles. The van der Waals surface area contributed by atoms with Gasteiger partial charge in [0.15, 0.2) is 6.29 Å². The Labute approximate surface area is 392 Å². The van der Waals surface area contributed by atoms with E-state index in [2.05, 4.69) is 21.3 Å². The number of nitrogens with one attached hydrogen (secondary N) is 4. The topological polar surface area (TPSA) is 422 Å². The van der Waals surface area contributed by atoms with Crippen LogP contribution < -0.4 is 30.7 Å². The molecule has 0 aliphatic carbocycles. The smallest absolute Gasteiger partial charge is 0.280 e. The van der Waals surface area contributed by atoms with Crippen molar-refractivity contribution in [2.45, 2.75) is 161 Å². The van der Waals surface area contributed by atoms with Crippen molar-refractivity contribution >= 4 is 23.6 Å².